The Morgan fingerprint density at radius 3 is 2.48 bits per heavy atom. The lowest BCUT2D eigenvalue weighted by atomic mass is 10.3. The Hall–Kier alpha value is -1.80. The average molecular weight is 411 g/mol. The molecule has 1 heterocycles. The fraction of sp³-hybridized carbons (Fsp3) is 0.0625. The zero-order valence-corrected chi connectivity index (χ0v) is 15.8. The lowest BCUT2D eigenvalue weighted by molar-refractivity contribution is -0.113. The van der Waals surface area contributed by atoms with E-state index in [4.69, 9.17) is 23.2 Å². The maximum Gasteiger partial charge on any atom is 0.234 e. The number of amides is 1. The number of nitrogens with one attached hydrogen (secondary N) is 2. The second-order valence-corrected chi connectivity index (χ2v) is 7.93. The standard InChI is InChI=1S/C16H12Cl2N4OS2/c17-10-6-11(18)8-13(7-10)19-14(23)9-24-16-22-21-15(25-16)20-12-4-2-1-3-5-12/h1-8H,9H2,(H,19,23)(H,20,21). The highest BCUT2D eigenvalue weighted by Gasteiger charge is 2.09. The van der Waals surface area contributed by atoms with Gasteiger partial charge < -0.3 is 10.6 Å². The molecule has 0 atom stereocenters. The number of carbonyl (C=O) groups excluding carboxylic acids is 1. The van der Waals surface area contributed by atoms with E-state index < -0.39 is 0 Å². The Morgan fingerprint density at radius 1 is 1.04 bits per heavy atom. The third-order valence-electron chi connectivity index (χ3n) is 2.90. The Labute approximate surface area is 162 Å². The quantitative estimate of drug-likeness (QED) is 0.538. The molecule has 5 nitrogen and oxygen atoms in total. The minimum absolute atomic E-state index is 0.170. The highest BCUT2D eigenvalue weighted by atomic mass is 35.5. The highest BCUT2D eigenvalue weighted by molar-refractivity contribution is 8.01. The van der Waals surface area contributed by atoms with E-state index in [1.807, 2.05) is 30.3 Å². The normalized spacial score (nSPS) is 10.5. The zero-order chi connectivity index (χ0) is 17.6. The fourth-order valence-corrected chi connectivity index (χ4v) is 4.01. The average Bonchev–Trinajstić information content (AvgIpc) is 3.00. The number of hydrogen-bond acceptors (Lipinski definition) is 6. The molecule has 128 valence electrons. The van der Waals surface area contributed by atoms with E-state index in [9.17, 15) is 4.79 Å². The molecule has 0 bridgehead atoms. The van der Waals surface area contributed by atoms with E-state index in [0.29, 0.717) is 25.2 Å². The summed E-state index contributed by atoms with van der Waals surface area (Å²) in [5.74, 6) is 0.0421. The van der Waals surface area contributed by atoms with E-state index in [0.717, 1.165) is 5.69 Å². The molecular weight excluding hydrogens is 399 g/mol. The molecule has 0 aliphatic heterocycles. The van der Waals surface area contributed by atoms with Gasteiger partial charge in [0.2, 0.25) is 11.0 Å². The van der Waals surface area contributed by atoms with Crippen molar-refractivity contribution in [1.82, 2.24) is 10.2 Å². The molecule has 0 radical (unpaired) electrons. The summed E-state index contributed by atoms with van der Waals surface area (Å²) in [6.45, 7) is 0. The molecule has 1 aromatic heterocycles. The summed E-state index contributed by atoms with van der Waals surface area (Å²) >= 11 is 14.5. The number of aromatic nitrogens is 2. The topological polar surface area (TPSA) is 66.9 Å². The molecule has 9 heteroatoms. The molecule has 0 fully saturated rings. The maximum absolute atomic E-state index is 12.0. The van der Waals surface area contributed by atoms with Crippen LogP contribution in [-0.2, 0) is 4.79 Å². The van der Waals surface area contributed by atoms with Crippen LogP contribution in [0.4, 0.5) is 16.5 Å². The van der Waals surface area contributed by atoms with E-state index in [1.165, 1.54) is 23.1 Å². The van der Waals surface area contributed by atoms with Crippen LogP contribution in [0.2, 0.25) is 10.0 Å². The minimum Gasteiger partial charge on any atom is -0.330 e. The number of anilines is 3. The highest BCUT2D eigenvalue weighted by Crippen LogP contribution is 2.28. The van der Waals surface area contributed by atoms with Crippen molar-refractivity contribution in [2.24, 2.45) is 0 Å². The van der Waals surface area contributed by atoms with Gasteiger partial charge in [-0.2, -0.15) is 0 Å². The smallest absolute Gasteiger partial charge is 0.234 e. The molecule has 0 saturated heterocycles. The van der Waals surface area contributed by atoms with Crippen LogP contribution in [0, 0.1) is 0 Å². The number of rotatable bonds is 6. The van der Waals surface area contributed by atoms with Gasteiger partial charge in [-0.15, -0.1) is 10.2 Å². The summed E-state index contributed by atoms with van der Waals surface area (Å²) in [4.78, 5) is 12.0. The van der Waals surface area contributed by atoms with Crippen molar-refractivity contribution < 1.29 is 4.79 Å². The van der Waals surface area contributed by atoms with Gasteiger partial charge in [0.25, 0.3) is 0 Å². The Kier molecular flexibility index (Phi) is 6.14. The van der Waals surface area contributed by atoms with Crippen LogP contribution in [0.15, 0.2) is 52.9 Å². The van der Waals surface area contributed by atoms with Gasteiger partial charge in [0, 0.05) is 21.4 Å². The van der Waals surface area contributed by atoms with E-state index >= 15 is 0 Å². The molecule has 3 rings (SSSR count). The van der Waals surface area contributed by atoms with Crippen molar-refractivity contribution in [2.45, 2.75) is 4.34 Å². The maximum atomic E-state index is 12.0. The number of halogens is 2. The van der Waals surface area contributed by atoms with Gasteiger partial charge >= 0.3 is 0 Å². The summed E-state index contributed by atoms with van der Waals surface area (Å²) in [5.41, 5.74) is 1.50. The van der Waals surface area contributed by atoms with Gasteiger partial charge in [0.1, 0.15) is 0 Å². The fourth-order valence-electron chi connectivity index (χ4n) is 1.91. The van der Waals surface area contributed by atoms with Crippen LogP contribution in [0.1, 0.15) is 0 Å². The molecular formula is C16H12Cl2N4OS2. The van der Waals surface area contributed by atoms with Gasteiger partial charge in [-0.1, -0.05) is 64.5 Å². The second kappa shape index (κ2) is 8.53. The molecule has 0 aliphatic carbocycles. The number of benzene rings is 2. The number of thioether (sulfide) groups is 1. The van der Waals surface area contributed by atoms with Crippen LogP contribution in [0.5, 0.6) is 0 Å². The predicted molar refractivity (Wildman–Crippen MR) is 105 cm³/mol. The van der Waals surface area contributed by atoms with E-state index in [2.05, 4.69) is 20.8 Å². The van der Waals surface area contributed by atoms with Gasteiger partial charge in [0.05, 0.1) is 5.75 Å². The van der Waals surface area contributed by atoms with Gasteiger partial charge in [0.15, 0.2) is 4.34 Å². The van der Waals surface area contributed by atoms with Crippen LogP contribution < -0.4 is 10.6 Å². The molecule has 0 aliphatic rings. The van der Waals surface area contributed by atoms with Crippen LogP contribution in [0.25, 0.3) is 0 Å². The Bertz CT molecular complexity index is 853. The molecule has 3 aromatic rings. The third kappa shape index (κ3) is 5.61. The molecule has 0 saturated carbocycles. The first-order chi connectivity index (χ1) is 12.1. The van der Waals surface area contributed by atoms with Crippen molar-refractivity contribution in [1.29, 1.82) is 0 Å². The summed E-state index contributed by atoms with van der Waals surface area (Å²) in [6, 6.07) is 14.6. The van der Waals surface area contributed by atoms with Crippen molar-refractivity contribution in [3.05, 3.63) is 58.6 Å². The Morgan fingerprint density at radius 2 is 1.76 bits per heavy atom. The summed E-state index contributed by atoms with van der Waals surface area (Å²) in [7, 11) is 0. The molecule has 2 aromatic carbocycles. The number of para-hydroxylation sites is 1. The molecule has 25 heavy (non-hydrogen) atoms. The largest absolute Gasteiger partial charge is 0.330 e. The first-order valence-electron chi connectivity index (χ1n) is 7.13. The van der Waals surface area contributed by atoms with Crippen molar-refractivity contribution in [3.63, 3.8) is 0 Å². The van der Waals surface area contributed by atoms with E-state index in [1.54, 1.807) is 18.2 Å². The lowest BCUT2D eigenvalue weighted by Crippen LogP contribution is -2.13. The Balaban J connectivity index is 1.52. The number of nitrogens with zero attached hydrogens (tertiary/aromatic N) is 2. The molecule has 2 N–H and O–H groups in total. The van der Waals surface area contributed by atoms with Gasteiger partial charge in [-0.05, 0) is 30.3 Å². The predicted octanol–water partition coefficient (Wildman–Crippen LogP) is 5.32. The van der Waals surface area contributed by atoms with Crippen molar-refractivity contribution in [3.8, 4) is 0 Å². The number of hydrogen-bond donors (Lipinski definition) is 2. The lowest BCUT2D eigenvalue weighted by Gasteiger charge is -2.05. The zero-order valence-electron chi connectivity index (χ0n) is 12.7. The monoisotopic (exact) mass is 410 g/mol. The summed E-state index contributed by atoms with van der Waals surface area (Å²) in [5, 5.41) is 15.7. The van der Waals surface area contributed by atoms with Crippen molar-refractivity contribution in [2.75, 3.05) is 16.4 Å². The summed E-state index contributed by atoms with van der Waals surface area (Å²) in [6.07, 6.45) is 0. The molecule has 1 amide bonds. The van der Waals surface area contributed by atoms with Gasteiger partial charge in [-0.25, -0.2) is 0 Å². The molecule has 0 spiro atoms. The first kappa shape index (κ1) is 18.0. The minimum atomic E-state index is -0.170. The molecule has 0 unspecified atom stereocenters. The van der Waals surface area contributed by atoms with Crippen LogP contribution in [0.3, 0.4) is 0 Å². The van der Waals surface area contributed by atoms with E-state index in [-0.39, 0.29) is 11.7 Å². The van der Waals surface area contributed by atoms with Crippen LogP contribution in [-0.4, -0.2) is 21.9 Å². The third-order valence-corrected chi connectivity index (χ3v) is 5.31. The first-order valence-corrected chi connectivity index (χ1v) is 9.68. The second-order valence-electron chi connectivity index (χ2n) is 4.86. The number of carbonyl (C=O) groups is 1. The van der Waals surface area contributed by atoms with Crippen LogP contribution >= 0.6 is 46.3 Å². The summed E-state index contributed by atoms with van der Waals surface area (Å²) < 4.78 is 0.706. The van der Waals surface area contributed by atoms with Crippen molar-refractivity contribution >= 4 is 68.7 Å². The van der Waals surface area contributed by atoms with Gasteiger partial charge in [-0.3, -0.25) is 4.79 Å². The SMILES string of the molecule is O=C(CSc1nnc(Nc2ccccc2)s1)Nc1cc(Cl)cc(Cl)c1.